The molecule has 1 heterocycles. The van der Waals surface area contributed by atoms with Crippen molar-refractivity contribution >= 4 is 23.6 Å². The van der Waals surface area contributed by atoms with Crippen molar-refractivity contribution in [3.05, 3.63) is 35.7 Å². The Morgan fingerprint density at radius 3 is 2.90 bits per heavy atom. The average molecular weight is 278 g/mol. The lowest BCUT2D eigenvalue weighted by Gasteiger charge is -2.22. The van der Waals surface area contributed by atoms with Crippen LogP contribution in [0.15, 0.2) is 24.3 Å². The Hall–Kier alpha value is -2.37. The molecule has 0 saturated carbocycles. The summed E-state index contributed by atoms with van der Waals surface area (Å²) < 4.78 is 13.6. The maximum atomic E-state index is 13.6. The number of carbonyl (C=O) groups excluding carboxylic acids is 1. The van der Waals surface area contributed by atoms with Gasteiger partial charge >= 0.3 is 5.97 Å². The summed E-state index contributed by atoms with van der Waals surface area (Å²) in [6.45, 7) is 1.62. The molecule has 0 bridgehead atoms. The van der Waals surface area contributed by atoms with E-state index in [1.54, 1.807) is 6.07 Å². The molecule has 0 radical (unpaired) electrons. The molecule has 1 aliphatic rings. The number of carboxylic acid groups (broad SMARTS) is 1. The van der Waals surface area contributed by atoms with E-state index < -0.39 is 11.8 Å². The van der Waals surface area contributed by atoms with Crippen molar-refractivity contribution in [1.29, 1.82) is 0 Å². The highest BCUT2D eigenvalue weighted by Crippen LogP contribution is 2.20. The predicted molar refractivity (Wildman–Crippen MR) is 72.9 cm³/mol. The van der Waals surface area contributed by atoms with Crippen LogP contribution in [-0.4, -0.2) is 36.6 Å². The molecule has 0 spiro atoms. The topological polar surface area (TPSA) is 69.6 Å². The van der Waals surface area contributed by atoms with E-state index in [-0.39, 0.29) is 5.91 Å². The monoisotopic (exact) mass is 278 g/mol. The Labute approximate surface area is 115 Å². The van der Waals surface area contributed by atoms with Crippen LogP contribution in [0.25, 0.3) is 6.08 Å². The third kappa shape index (κ3) is 3.81. The Balaban J connectivity index is 2.22. The normalized spacial score (nSPS) is 16.1. The van der Waals surface area contributed by atoms with Gasteiger partial charge in [0.05, 0.1) is 0 Å². The maximum absolute atomic E-state index is 13.6. The van der Waals surface area contributed by atoms with Crippen LogP contribution in [0.1, 0.15) is 12.0 Å². The van der Waals surface area contributed by atoms with Gasteiger partial charge < -0.3 is 15.3 Å². The fraction of sp³-hybridized carbons (Fsp3) is 0.286. The fourth-order valence-corrected chi connectivity index (χ4v) is 2.07. The molecule has 1 aromatic rings. The predicted octanol–water partition coefficient (Wildman–Crippen LogP) is 1.25. The first-order valence-corrected chi connectivity index (χ1v) is 6.28. The number of aliphatic carboxylic acids is 1. The van der Waals surface area contributed by atoms with Gasteiger partial charge in [-0.05, 0) is 29.8 Å². The Bertz CT molecular complexity index is 557. The number of carboxylic acids is 1. The van der Waals surface area contributed by atoms with Crippen LogP contribution >= 0.6 is 0 Å². The summed E-state index contributed by atoms with van der Waals surface area (Å²) in [7, 11) is 0. The van der Waals surface area contributed by atoms with Crippen molar-refractivity contribution in [3.8, 4) is 0 Å². The van der Waals surface area contributed by atoms with Gasteiger partial charge in [-0.3, -0.25) is 4.79 Å². The lowest BCUT2D eigenvalue weighted by atomic mass is 10.1. The van der Waals surface area contributed by atoms with Crippen molar-refractivity contribution in [3.63, 3.8) is 0 Å². The molecule has 2 N–H and O–H groups in total. The van der Waals surface area contributed by atoms with Crippen LogP contribution in [0.3, 0.4) is 0 Å². The minimum absolute atomic E-state index is 0.0186. The number of nitrogens with zero attached hydrogens (tertiary/aromatic N) is 1. The zero-order chi connectivity index (χ0) is 14.5. The summed E-state index contributed by atoms with van der Waals surface area (Å²) in [5.41, 5.74) is 1.12. The molecule has 5 nitrogen and oxygen atoms in total. The van der Waals surface area contributed by atoms with Gasteiger partial charge in [0.15, 0.2) is 0 Å². The van der Waals surface area contributed by atoms with E-state index in [0.717, 1.165) is 6.08 Å². The molecule has 106 valence electrons. The number of carbonyl (C=O) groups is 2. The van der Waals surface area contributed by atoms with Crippen LogP contribution in [0.2, 0.25) is 0 Å². The van der Waals surface area contributed by atoms with E-state index in [4.69, 9.17) is 5.11 Å². The average Bonchev–Trinajstić information content (AvgIpc) is 2.60. The van der Waals surface area contributed by atoms with Crippen LogP contribution in [-0.2, 0) is 9.59 Å². The number of anilines is 1. The molecule has 1 saturated heterocycles. The molecular weight excluding hydrogens is 263 g/mol. The summed E-state index contributed by atoms with van der Waals surface area (Å²) in [5.74, 6) is -1.54. The maximum Gasteiger partial charge on any atom is 0.328 e. The zero-order valence-electron chi connectivity index (χ0n) is 10.8. The van der Waals surface area contributed by atoms with E-state index in [1.165, 1.54) is 18.2 Å². The van der Waals surface area contributed by atoms with Gasteiger partial charge in [0, 0.05) is 37.8 Å². The number of rotatable bonds is 3. The molecule has 0 aliphatic carbocycles. The second-order valence-corrected chi connectivity index (χ2v) is 4.50. The smallest absolute Gasteiger partial charge is 0.328 e. The molecule has 6 heteroatoms. The van der Waals surface area contributed by atoms with Gasteiger partial charge in [-0.15, -0.1) is 0 Å². The van der Waals surface area contributed by atoms with Gasteiger partial charge in [0.25, 0.3) is 0 Å². The van der Waals surface area contributed by atoms with Gasteiger partial charge in [0.2, 0.25) is 5.91 Å². The second-order valence-electron chi connectivity index (χ2n) is 4.50. The molecule has 2 rings (SSSR count). The molecule has 20 heavy (non-hydrogen) atoms. The first-order chi connectivity index (χ1) is 9.54. The molecule has 1 fully saturated rings. The van der Waals surface area contributed by atoms with Crippen molar-refractivity contribution in [2.75, 3.05) is 24.5 Å². The van der Waals surface area contributed by atoms with Crippen molar-refractivity contribution < 1.29 is 19.1 Å². The molecular formula is C14H15FN2O3. The molecule has 1 aromatic carbocycles. The highest BCUT2D eigenvalue weighted by molar-refractivity contribution is 5.85. The van der Waals surface area contributed by atoms with E-state index in [2.05, 4.69) is 5.32 Å². The lowest BCUT2D eigenvalue weighted by molar-refractivity contribution is -0.131. The highest BCUT2D eigenvalue weighted by Gasteiger charge is 2.14. The van der Waals surface area contributed by atoms with Crippen molar-refractivity contribution in [1.82, 2.24) is 5.32 Å². The van der Waals surface area contributed by atoms with E-state index in [1.807, 2.05) is 4.90 Å². The fourth-order valence-electron chi connectivity index (χ4n) is 2.07. The van der Waals surface area contributed by atoms with E-state index >= 15 is 0 Å². The molecule has 0 aromatic heterocycles. The lowest BCUT2D eigenvalue weighted by Crippen LogP contribution is -2.28. The van der Waals surface area contributed by atoms with Crippen LogP contribution in [0, 0.1) is 5.82 Å². The van der Waals surface area contributed by atoms with Gasteiger partial charge in [-0.1, -0.05) is 0 Å². The Morgan fingerprint density at radius 2 is 2.15 bits per heavy atom. The van der Waals surface area contributed by atoms with E-state index in [0.29, 0.717) is 37.3 Å². The molecule has 1 aliphatic heterocycles. The molecule has 1 amide bonds. The summed E-state index contributed by atoms with van der Waals surface area (Å²) in [4.78, 5) is 23.7. The van der Waals surface area contributed by atoms with Gasteiger partial charge in [-0.2, -0.15) is 0 Å². The number of nitrogens with one attached hydrogen (secondary N) is 1. The second kappa shape index (κ2) is 6.18. The summed E-state index contributed by atoms with van der Waals surface area (Å²) in [6, 6.07) is 4.36. The van der Waals surface area contributed by atoms with Gasteiger partial charge in [-0.25, -0.2) is 9.18 Å². The van der Waals surface area contributed by atoms with Crippen molar-refractivity contribution in [2.45, 2.75) is 6.42 Å². The quantitative estimate of drug-likeness (QED) is 0.816. The van der Waals surface area contributed by atoms with Crippen LogP contribution in [0.4, 0.5) is 10.1 Å². The Kier molecular flexibility index (Phi) is 4.34. The first kappa shape index (κ1) is 14.0. The van der Waals surface area contributed by atoms with Crippen LogP contribution < -0.4 is 10.2 Å². The number of benzene rings is 1. The SMILES string of the molecule is O=C(O)/C=C/c1cc(F)cc(N2CCNC(=O)CC2)c1. The number of hydrogen-bond acceptors (Lipinski definition) is 3. The minimum atomic E-state index is -1.08. The standard InChI is InChI=1S/C14H15FN2O3/c15-11-7-10(1-2-14(19)20)8-12(9-11)17-5-3-13(18)16-4-6-17/h1-2,7-9H,3-6H2,(H,16,18)(H,19,20)/b2-1+. The number of hydrogen-bond donors (Lipinski definition) is 2. The summed E-state index contributed by atoms with van der Waals surface area (Å²) in [5, 5.41) is 11.3. The highest BCUT2D eigenvalue weighted by atomic mass is 19.1. The van der Waals surface area contributed by atoms with Crippen LogP contribution in [0.5, 0.6) is 0 Å². The summed E-state index contributed by atoms with van der Waals surface area (Å²) >= 11 is 0. The summed E-state index contributed by atoms with van der Waals surface area (Å²) in [6.07, 6.45) is 2.67. The third-order valence-electron chi connectivity index (χ3n) is 3.00. The van der Waals surface area contributed by atoms with E-state index in [9.17, 15) is 14.0 Å². The first-order valence-electron chi connectivity index (χ1n) is 6.28. The molecule has 0 unspecified atom stereocenters. The number of amides is 1. The third-order valence-corrected chi connectivity index (χ3v) is 3.00. The number of halogens is 1. The minimum Gasteiger partial charge on any atom is -0.478 e. The zero-order valence-corrected chi connectivity index (χ0v) is 10.8. The molecule has 0 atom stereocenters. The van der Waals surface area contributed by atoms with Crippen molar-refractivity contribution in [2.24, 2.45) is 0 Å². The Morgan fingerprint density at radius 1 is 1.35 bits per heavy atom. The van der Waals surface area contributed by atoms with Gasteiger partial charge in [0.1, 0.15) is 5.82 Å². The largest absolute Gasteiger partial charge is 0.478 e.